The molecule has 1 aromatic carbocycles. The molecule has 0 aromatic heterocycles. The van der Waals surface area contributed by atoms with Crippen LogP contribution in [-0.2, 0) is 4.74 Å². The lowest BCUT2D eigenvalue weighted by Gasteiger charge is -2.39. The van der Waals surface area contributed by atoms with Crippen LogP contribution in [0.15, 0.2) is 24.3 Å². The summed E-state index contributed by atoms with van der Waals surface area (Å²) in [6.45, 7) is 12.3. The Morgan fingerprint density at radius 3 is 2.34 bits per heavy atom. The molecule has 29 heavy (non-hydrogen) atoms. The van der Waals surface area contributed by atoms with Crippen LogP contribution in [0, 0.1) is 16.7 Å². The minimum Gasteiger partial charge on any atom is -0.497 e. The van der Waals surface area contributed by atoms with Crippen molar-refractivity contribution in [2.75, 3.05) is 51.3 Å². The number of hydrogen-bond acceptors (Lipinski definition) is 5. The van der Waals surface area contributed by atoms with E-state index in [0.717, 1.165) is 44.3 Å². The van der Waals surface area contributed by atoms with E-state index in [1.807, 2.05) is 12.1 Å². The van der Waals surface area contributed by atoms with Crippen LogP contribution in [0.1, 0.15) is 40.0 Å². The van der Waals surface area contributed by atoms with Crippen molar-refractivity contribution in [1.29, 1.82) is 0 Å². The Morgan fingerprint density at radius 2 is 1.79 bits per heavy atom. The molecule has 1 aliphatic heterocycles. The summed E-state index contributed by atoms with van der Waals surface area (Å²) in [5, 5.41) is 10.6. The number of benzene rings is 1. The molecule has 0 unspecified atom stereocenters. The maximum absolute atomic E-state index is 10.6. The Kier molecular flexibility index (Phi) is 5.84. The number of aliphatic hydroxyl groups is 1. The Balaban J connectivity index is 1.21. The molecule has 2 saturated carbocycles. The zero-order valence-electron chi connectivity index (χ0n) is 18.6. The van der Waals surface area contributed by atoms with E-state index in [-0.39, 0.29) is 5.41 Å². The predicted octanol–water partition coefficient (Wildman–Crippen LogP) is 3.41. The number of aliphatic hydroxyl groups excluding tert-OH is 1. The van der Waals surface area contributed by atoms with Crippen LogP contribution >= 0.6 is 0 Å². The van der Waals surface area contributed by atoms with Gasteiger partial charge in [-0.15, -0.1) is 0 Å². The second-order valence-electron chi connectivity index (χ2n) is 10.1. The van der Waals surface area contributed by atoms with Gasteiger partial charge in [0.2, 0.25) is 0 Å². The van der Waals surface area contributed by atoms with Crippen LogP contribution < -0.4 is 9.64 Å². The number of anilines is 1. The minimum atomic E-state index is -0.409. The normalized spacial score (nSPS) is 32.5. The highest BCUT2D eigenvalue weighted by atomic mass is 16.5. The van der Waals surface area contributed by atoms with Crippen molar-refractivity contribution in [3.63, 3.8) is 0 Å². The van der Waals surface area contributed by atoms with Crippen LogP contribution in [0.2, 0.25) is 0 Å². The van der Waals surface area contributed by atoms with Crippen molar-refractivity contribution in [1.82, 2.24) is 4.90 Å². The zero-order chi connectivity index (χ0) is 20.6. The quantitative estimate of drug-likeness (QED) is 0.757. The number of fused-ring (bicyclic) bond motifs is 2. The largest absolute Gasteiger partial charge is 0.497 e. The molecule has 1 heterocycles. The molecule has 0 amide bonds. The third-order valence-electron chi connectivity index (χ3n) is 8.48. The first-order chi connectivity index (χ1) is 13.8. The minimum absolute atomic E-state index is 0.265. The maximum Gasteiger partial charge on any atom is 0.119 e. The summed E-state index contributed by atoms with van der Waals surface area (Å²) < 4.78 is 11.5. The van der Waals surface area contributed by atoms with Crippen LogP contribution in [0.5, 0.6) is 5.75 Å². The lowest BCUT2D eigenvalue weighted by atomic mass is 9.70. The van der Waals surface area contributed by atoms with Gasteiger partial charge in [0.15, 0.2) is 0 Å². The Labute approximate surface area is 176 Å². The molecular formula is C24H38N2O3. The Bertz CT molecular complexity index is 684. The third-order valence-corrected chi connectivity index (χ3v) is 8.48. The average molecular weight is 403 g/mol. The molecule has 1 N–H and O–H groups in total. The fourth-order valence-corrected chi connectivity index (χ4v) is 5.94. The first kappa shape index (κ1) is 21.0. The maximum atomic E-state index is 10.6. The predicted molar refractivity (Wildman–Crippen MR) is 117 cm³/mol. The summed E-state index contributed by atoms with van der Waals surface area (Å²) in [4.78, 5) is 4.76. The lowest BCUT2D eigenvalue weighted by molar-refractivity contribution is -0.0794. The summed E-state index contributed by atoms with van der Waals surface area (Å²) >= 11 is 0. The molecular weight excluding hydrogens is 364 g/mol. The first-order valence-corrected chi connectivity index (χ1v) is 11.2. The smallest absolute Gasteiger partial charge is 0.119 e. The van der Waals surface area contributed by atoms with Gasteiger partial charge in [0, 0.05) is 38.4 Å². The van der Waals surface area contributed by atoms with Gasteiger partial charge in [0.1, 0.15) is 5.75 Å². The second-order valence-corrected chi connectivity index (χ2v) is 10.1. The molecule has 2 aliphatic carbocycles. The van der Waals surface area contributed by atoms with Gasteiger partial charge in [0.25, 0.3) is 0 Å². The molecule has 0 radical (unpaired) electrons. The zero-order valence-corrected chi connectivity index (χ0v) is 18.6. The molecule has 1 aromatic rings. The second kappa shape index (κ2) is 8.09. The topological polar surface area (TPSA) is 45.2 Å². The molecule has 4 atom stereocenters. The fourth-order valence-electron chi connectivity index (χ4n) is 5.94. The van der Waals surface area contributed by atoms with E-state index in [9.17, 15) is 5.11 Å². The van der Waals surface area contributed by atoms with Crippen molar-refractivity contribution >= 4 is 5.69 Å². The molecule has 3 aliphatic rings. The van der Waals surface area contributed by atoms with Crippen molar-refractivity contribution in [2.45, 2.75) is 52.2 Å². The van der Waals surface area contributed by atoms with Crippen molar-refractivity contribution in [2.24, 2.45) is 16.7 Å². The van der Waals surface area contributed by atoms with Crippen LogP contribution in [0.4, 0.5) is 5.69 Å². The van der Waals surface area contributed by atoms with Gasteiger partial charge in [0.05, 0.1) is 25.9 Å². The summed E-state index contributed by atoms with van der Waals surface area (Å²) in [7, 11) is 1.70. The summed E-state index contributed by atoms with van der Waals surface area (Å²) in [6, 6.07) is 8.27. The van der Waals surface area contributed by atoms with Gasteiger partial charge in [-0.2, -0.15) is 0 Å². The molecule has 3 fully saturated rings. The molecule has 5 nitrogen and oxygen atoms in total. The highest BCUT2D eigenvalue weighted by molar-refractivity contribution is 5.49. The summed E-state index contributed by atoms with van der Waals surface area (Å²) in [6.07, 6.45) is 3.66. The summed E-state index contributed by atoms with van der Waals surface area (Å²) in [5.74, 6) is 1.67. The van der Waals surface area contributed by atoms with Crippen LogP contribution in [0.3, 0.4) is 0 Å². The van der Waals surface area contributed by atoms with Gasteiger partial charge in [-0.05, 0) is 60.3 Å². The van der Waals surface area contributed by atoms with Gasteiger partial charge in [-0.25, -0.2) is 0 Å². The van der Waals surface area contributed by atoms with E-state index in [2.05, 4.69) is 42.7 Å². The number of β-amino-alcohol motifs (C(OH)–C–C–N with tert-alkyl or cyclic N) is 1. The van der Waals surface area contributed by atoms with E-state index in [1.54, 1.807) is 7.11 Å². The van der Waals surface area contributed by atoms with Crippen molar-refractivity contribution < 1.29 is 14.6 Å². The summed E-state index contributed by atoms with van der Waals surface area (Å²) in [5.41, 5.74) is 1.86. The van der Waals surface area contributed by atoms with Gasteiger partial charge in [-0.3, -0.25) is 4.90 Å². The Morgan fingerprint density at radius 1 is 1.10 bits per heavy atom. The van der Waals surface area contributed by atoms with Gasteiger partial charge < -0.3 is 19.5 Å². The van der Waals surface area contributed by atoms with Crippen molar-refractivity contribution in [3.05, 3.63) is 24.3 Å². The van der Waals surface area contributed by atoms with E-state index in [0.29, 0.717) is 24.7 Å². The lowest BCUT2D eigenvalue weighted by Crippen LogP contribution is -2.49. The van der Waals surface area contributed by atoms with Crippen molar-refractivity contribution in [3.8, 4) is 5.75 Å². The van der Waals surface area contributed by atoms with E-state index < -0.39 is 6.10 Å². The SMILES string of the molecule is COc1ccc(N2CCN(C[C@@H](O)CO[C@@H]3C[C@H]4CC[C@]3(C)C4(C)C)CC2)cc1. The number of ether oxygens (including phenoxy) is 2. The van der Waals surface area contributed by atoms with E-state index in [4.69, 9.17) is 9.47 Å². The molecule has 0 spiro atoms. The number of methoxy groups -OCH3 is 1. The number of nitrogens with zero attached hydrogens (tertiary/aromatic N) is 2. The molecule has 2 bridgehead atoms. The highest BCUT2D eigenvalue weighted by Gasteiger charge is 2.61. The number of rotatable bonds is 7. The van der Waals surface area contributed by atoms with Gasteiger partial charge in [-0.1, -0.05) is 20.8 Å². The molecule has 4 rings (SSSR count). The van der Waals surface area contributed by atoms with Crippen LogP contribution in [-0.4, -0.2) is 68.7 Å². The standard InChI is InChI=1S/C24H38N2O3/c1-23(2)18-9-10-24(23,3)22(15-18)29-17-20(27)16-25-11-13-26(14-12-25)19-5-7-21(28-4)8-6-19/h5-8,18,20,22,27H,9-17H2,1-4H3/t18-,20-,22-,24+/m1/s1. The number of hydrogen-bond donors (Lipinski definition) is 1. The van der Waals surface area contributed by atoms with Gasteiger partial charge >= 0.3 is 0 Å². The van der Waals surface area contributed by atoms with E-state index in [1.165, 1.54) is 18.5 Å². The average Bonchev–Trinajstić information content (AvgIpc) is 3.06. The fraction of sp³-hybridized carbons (Fsp3) is 0.750. The third kappa shape index (κ3) is 3.89. The first-order valence-electron chi connectivity index (χ1n) is 11.2. The highest BCUT2D eigenvalue weighted by Crippen LogP contribution is 2.66. The molecule has 5 heteroatoms. The van der Waals surface area contributed by atoms with E-state index >= 15 is 0 Å². The van der Waals surface area contributed by atoms with Crippen LogP contribution in [0.25, 0.3) is 0 Å². The molecule has 1 saturated heterocycles. The Hall–Kier alpha value is -1.30. The number of piperazine rings is 1. The molecule has 162 valence electrons. The monoisotopic (exact) mass is 402 g/mol.